The summed E-state index contributed by atoms with van der Waals surface area (Å²) < 4.78 is 5.40. The highest BCUT2D eigenvalue weighted by Gasteiger charge is 2.51. The number of alkyl carbamates (subject to hydrolysis) is 1. The fourth-order valence-electron chi connectivity index (χ4n) is 5.33. The molecule has 1 amide bonds. The van der Waals surface area contributed by atoms with Gasteiger partial charge in [0.25, 0.3) is 0 Å². The third kappa shape index (κ3) is 5.84. The molecule has 3 aliphatic rings. The standard InChI is InChI=1S/C25H37Cl2N3O2/c1-24(2,3)32-23(31)28-19-9-7-18(8-10-19)11-14-30-16-15-29(17-25(30)12-13-25)21-6-4-5-20(26)22(21)27/h4-6,18-19H,7-17H2,1-3H3,(H,28,31). The Hall–Kier alpha value is -1.17. The van der Waals surface area contributed by atoms with Gasteiger partial charge in [0, 0.05) is 31.2 Å². The van der Waals surface area contributed by atoms with Crippen molar-refractivity contribution in [2.24, 2.45) is 5.92 Å². The Bertz CT molecular complexity index is 814. The number of carbonyl (C=O) groups is 1. The minimum atomic E-state index is -0.442. The first-order valence-electron chi connectivity index (χ1n) is 12.1. The number of ether oxygens (including phenoxy) is 1. The molecule has 0 bridgehead atoms. The number of hydrogen-bond donors (Lipinski definition) is 1. The van der Waals surface area contributed by atoms with Crippen LogP contribution in [0.15, 0.2) is 18.2 Å². The summed E-state index contributed by atoms with van der Waals surface area (Å²) in [5.41, 5.74) is 0.947. The van der Waals surface area contributed by atoms with Crippen LogP contribution in [0.4, 0.5) is 10.5 Å². The lowest BCUT2D eigenvalue weighted by Crippen LogP contribution is -2.55. The Balaban J connectivity index is 1.22. The summed E-state index contributed by atoms with van der Waals surface area (Å²) in [6, 6.07) is 6.18. The van der Waals surface area contributed by atoms with Gasteiger partial charge in [-0.1, -0.05) is 29.3 Å². The molecule has 1 spiro atoms. The van der Waals surface area contributed by atoms with Crippen molar-refractivity contribution in [2.75, 3.05) is 31.1 Å². The molecule has 7 heteroatoms. The summed E-state index contributed by atoms with van der Waals surface area (Å²) in [7, 11) is 0. The predicted octanol–water partition coefficient (Wildman–Crippen LogP) is 6.12. The van der Waals surface area contributed by atoms with E-state index in [-0.39, 0.29) is 12.1 Å². The molecular weight excluding hydrogens is 445 g/mol. The molecule has 1 aromatic carbocycles. The van der Waals surface area contributed by atoms with Crippen molar-refractivity contribution < 1.29 is 9.53 Å². The molecule has 0 unspecified atom stereocenters. The zero-order valence-electron chi connectivity index (χ0n) is 19.6. The third-order valence-corrected chi connectivity index (χ3v) is 8.08. The number of halogens is 2. The topological polar surface area (TPSA) is 44.8 Å². The quantitative estimate of drug-likeness (QED) is 0.549. The molecule has 2 saturated carbocycles. The second-order valence-electron chi connectivity index (χ2n) is 10.9. The molecule has 178 valence electrons. The molecule has 32 heavy (non-hydrogen) atoms. The lowest BCUT2D eigenvalue weighted by Gasteiger charge is -2.44. The molecule has 0 atom stereocenters. The van der Waals surface area contributed by atoms with E-state index in [1.54, 1.807) is 0 Å². The highest BCUT2D eigenvalue weighted by molar-refractivity contribution is 6.43. The van der Waals surface area contributed by atoms with E-state index in [0.717, 1.165) is 44.1 Å². The lowest BCUT2D eigenvalue weighted by atomic mass is 9.84. The lowest BCUT2D eigenvalue weighted by molar-refractivity contribution is 0.0484. The SMILES string of the molecule is CC(C)(C)OC(=O)NC1CCC(CCN2CCN(c3cccc(Cl)c3Cl)CC23CC3)CC1. The van der Waals surface area contributed by atoms with Crippen LogP contribution in [-0.4, -0.2) is 54.4 Å². The molecule has 2 aliphatic carbocycles. The van der Waals surface area contributed by atoms with Crippen LogP contribution in [0.1, 0.15) is 65.7 Å². The zero-order valence-corrected chi connectivity index (χ0v) is 21.1. The molecule has 1 saturated heterocycles. The number of nitrogens with zero attached hydrogens (tertiary/aromatic N) is 2. The molecule has 3 fully saturated rings. The number of amides is 1. The van der Waals surface area contributed by atoms with Crippen LogP contribution >= 0.6 is 23.2 Å². The summed E-state index contributed by atoms with van der Waals surface area (Å²) in [4.78, 5) is 17.2. The van der Waals surface area contributed by atoms with E-state index >= 15 is 0 Å². The first kappa shape index (κ1) is 24.0. The van der Waals surface area contributed by atoms with Gasteiger partial charge in [-0.25, -0.2) is 4.79 Å². The van der Waals surface area contributed by atoms with Gasteiger partial charge in [-0.05, 0) is 90.3 Å². The Kier molecular flexibility index (Phi) is 7.19. The van der Waals surface area contributed by atoms with Crippen LogP contribution in [0.5, 0.6) is 0 Å². The van der Waals surface area contributed by atoms with Crippen LogP contribution in [0, 0.1) is 5.92 Å². The van der Waals surface area contributed by atoms with Gasteiger partial charge in [0.15, 0.2) is 0 Å². The van der Waals surface area contributed by atoms with Gasteiger partial charge in [-0.15, -0.1) is 0 Å². The van der Waals surface area contributed by atoms with E-state index in [1.807, 2.05) is 32.9 Å². The number of carbonyl (C=O) groups excluding carboxylic acids is 1. The highest BCUT2D eigenvalue weighted by atomic mass is 35.5. The van der Waals surface area contributed by atoms with Gasteiger partial charge in [-0.3, -0.25) is 4.90 Å². The van der Waals surface area contributed by atoms with Gasteiger partial charge in [0.05, 0.1) is 15.7 Å². The normalized spacial score (nSPS) is 25.6. The zero-order chi connectivity index (χ0) is 22.9. The first-order chi connectivity index (χ1) is 15.2. The van der Waals surface area contributed by atoms with Crippen molar-refractivity contribution in [2.45, 2.75) is 82.9 Å². The summed E-state index contributed by atoms with van der Waals surface area (Å²) in [5, 5.41) is 4.36. The van der Waals surface area contributed by atoms with Crippen molar-refractivity contribution in [1.29, 1.82) is 0 Å². The molecule has 0 radical (unpaired) electrons. The predicted molar refractivity (Wildman–Crippen MR) is 132 cm³/mol. The molecule has 1 N–H and O–H groups in total. The van der Waals surface area contributed by atoms with Gasteiger partial charge in [-0.2, -0.15) is 0 Å². The molecule has 0 aromatic heterocycles. The number of benzene rings is 1. The Morgan fingerprint density at radius 1 is 1.16 bits per heavy atom. The molecule has 5 nitrogen and oxygen atoms in total. The van der Waals surface area contributed by atoms with E-state index < -0.39 is 5.60 Å². The number of hydrogen-bond acceptors (Lipinski definition) is 4. The minimum absolute atomic E-state index is 0.252. The van der Waals surface area contributed by atoms with Crippen molar-refractivity contribution in [3.63, 3.8) is 0 Å². The summed E-state index contributed by atoms with van der Waals surface area (Å²) >= 11 is 12.7. The van der Waals surface area contributed by atoms with Crippen LogP contribution < -0.4 is 10.2 Å². The Morgan fingerprint density at radius 3 is 2.53 bits per heavy atom. The average molecular weight is 482 g/mol. The largest absolute Gasteiger partial charge is 0.444 e. The van der Waals surface area contributed by atoms with Crippen molar-refractivity contribution in [1.82, 2.24) is 10.2 Å². The second-order valence-corrected chi connectivity index (χ2v) is 11.6. The number of anilines is 1. The first-order valence-corrected chi connectivity index (χ1v) is 12.8. The molecule has 1 aliphatic heterocycles. The van der Waals surface area contributed by atoms with Crippen LogP contribution in [0.2, 0.25) is 10.0 Å². The van der Waals surface area contributed by atoms with E-state index in [9.17, 15) is 4.79 Å². The van der Waals surface area contributed by atoms with Gasteiger partial charge in [0.2, 0.25) is 0 Å². The van der Waals surface area contributed by atoms with Crippen molar-refractivity contribution >= 4 is 35.0 Å². The molecule has 1 aromatic rings. The molecule has 1 heterocycles. The molecule has 4 rings (SSSR count). The van der Waals surface area contributed by atoms with Crippen LogP contribution in [0.3, 0.4) is 0 Å². The van der Waals surface area contributed by atoms with Gasteiger partial charge < -0.3 is 15.0 Å². The van der Waals surface area contributed by atoms with Crippen LogP contribution in [-0.2, 0) is 4.74 Å². The summed E-state index contributed by atoms with van der Waals surface area (Å²) in [6.07, 6.45) is 7.99. The van der Waals surface area contributed by atoms with Crippen molar-refractivity contribution in [3.8, 4) is 0 Å². The fourth-order valence-corrected chi connectivity index (χ4v) is 5.75. The third-order valence-electron chi connectivity index (χ3n) is 7.27. The van der Waals surface area contributed by atoms with E-state index in [2.05, 4.69) is 21.2 Å². The fraction of sp³-hybridized carbons (Fsp3) is 0.720. The van der Waals surface area contributed by atoms with E-state index in [4.69, 9.17) is 27.9 Å². The van der Waals surface area contributed by atoms with Gasteiger partial charge in [0.1, 0.15) is 5.60 Å². The summed E-state index contributed by atoms with van der Waals surface area (Å²) in [5.74, 6) is 0.753. The van der Waals surface area contributed by atoms with E-state index in [0.29, 0.717) is 15.6 Å². The maximum Gasteiger partial charge on any atom is 0.407 e. The van der Waals surface area contributed by atoms with E-state index in [1.165, 1.54) is 38.6 Å². The number of rotatable bonds is 5. The monoisotopic (exact) mass is 481 g/mol. The minimum Gasteiger partial charge on any atom is -0.444 e. The average Bonchev–Trinajstić information content (AvgIpc) is 3.48. The summed E-state index contributed by atoms with van der Waals surface area (Å²) in [6.45, 7) is 10.00. The van der Waals surface area contributed by atoms with Crippen molar-refractivity contribution in [3.05, 3.63) is 28.2 Å². The number of piperazine rings is 1. The Morgan fingerprint density at radius 2 is 1.88 bits per heavy atom. The van der Waals surface area contributed by atoms with Crippen LogP contribution in [0.25, 0.3) is 0 Å². The number of nitrogens with one attached hydrogen (secondary N) is 1. The maximum absolute atomic E-state index is 12.0. The van der Waals surface area contributed by atoms with Gasteiger partial charge >= 0.3 is 6.09 Å². The second kappa shape index (κ2) is 9.60. The highest BCUT2D eigenvalue weighted by Crippen LogP contribution is 2.46. The molecular formula is C25H37Cl2N3O2. The Labute approximate surface area is 202 Å². The maximum atomic E-state index is 12.0. The smallest absolute Gasteiger partial charge is 0.407 e.